The van der Waals surface area contributed by atoms with Crippen molar-refractivity contribution < 1.29 is 14.0 Å². The molecule has 0 aliphatic heterocycles. The molecule has 0 unspecified atom stereocenters. The van der Waals surface area contributed by atoms with Gasteiger partial charge in [0.1, 0.15) is 5.82 Å². The Labute approximate surface area is 156 Å². The van der Waals surface area contributed by atoms with Crippen molar-refractivity contribution in [3.05, 3.63) is 88.3 Å². The lowest BCUT2D eigenvalue weighted by atomic mass is 10.0. The number of halogens is 2. The molecule has 0 radical (unpaired) electrons. The summed E-state index contributed by atoms with van der Waals surface area (Å²) in [5.41, 5.74) is 2.91. The topological polar surface area (TPSA) is 58.2 Å². The lowest BCUT2D eigenvalue weighted by Gasteiger charge is -2.08. The molecule has 2 rings (SSSR count). The maximum atomic E-state index is 13.4. The largest absolute Gasteiger partial charge is 0.348 e. The number of nitrogens with one attached hydrogen (secondary N) is 2. The summed E-state index contributed by atoms with van der Waals surface area (Å²) in [7, 11) is 0. The van der Waals surface area contributed by atoms with E-state index in [-0.39, 0.29) is 10.6 Å². The van der Waals surface area contributed by atoms with E-state index in [9.17, 15) is 14.0 Å². The SMILES string of the molecule is C/C=C(\C=C/NC=O)c1ccc(CNC(=O)c2cccc(F)c2Cl)cc1. The van der Waals surface area contributed by atoms with E-state index >= 15 is 0 Å². The Hall–Kier alpha value is -2.92. The van der Waals surface area contributed by atoms with Crippen molar-refractivity contribution in [2.75, 3.05) is 0 Å². The minimum Gasteiger partial charge on any atom is -0.348 e. The van der Waals surface area contributed by atoms with E-state index in [0.29, 0.717) is 13.0 Å². The van der Waals surface area contributed by atoms with E-state index in [4.69, 9.17) is 11.6 Å². The maximum Gasteiger partial charge on any atom is 0.253 e. The highest BCUT2D eigenvalue weighted by Crippen LogP contribution is 2.20. The van der Waals surface area contributed by atoms with Gasteiger partial charge >= 0.3 is 0 Å². The average Bonchev–Trinajstić information content (AvgIpc) is 2.66. The van der Waals surface area contributed by atoms with E-state index in [0.717, 1.165) is 16.7 Å². The lowest BCUT2D eigenvalue weighted by molar-refractivity contribution is -0.108. The summed E-state index contributed by atoms with van der Waals surface area (Å²) >= 11 is 5.82. The van der Waals surface area contributed by atoms with Crippen LogP contribution in [-0.2, 0) is 11.3 Å². The Morgan fingerprint density at radius 3 is 2.58 bits per heavy atom. The summed E-state index contributed by atoms with van der Waals surface area (Å²) in [6.45, 7) is 2.19. The van der Waals surface area contributed by atoms with Gasteiger partial charge in [-0.05, 0) is 41.8 Å². The number of carbonyl (C=O) groups is 2. The van der Waals surface area contributed by atoms with Crippen LogP contribution in [0.2, 0.25) is 5.02 Å². The summed E-state index contributed by atoms with van der Waals surface area (Å²) in [5.74, 6) is -1.06. The van der Waals surface area contributed by atoms with E-state index < -0.39 is 11.7 Å². The Morgan fingerprint density at radius 1 is 1.19 bits per heavy atom. The molecule has 0 heterocycles. The molecule has 2 amide bonds. The number of benzene rings is 2. The van der Waals surface area contributed by atoms with Gasteiger partial charge < -0.3 is 10.6 Å². The third-order valence-electron chi connectivity index (χ3n) is 3.67. The molecular formula is C20H18ClFN2O2. The molecule has 26 heavy (non-hydrogen) atoms. The van der Waals surface area contributed by atoms with E-state index in [2.05, 4.69) is 10.6 Å². The van der Waals surface area contributed by atoms with Crippen LogP contribution in [0.3, 0.4) is 0 Å². The first kappa shape index (κ1) is 19.4. The molecule has 2 N–H and O–H groups in total. The summed E-state index contributed by atoms with van der Waals surface area (Å²) in [6.07, 6.45) is 5.86. The maximum absolute atomic E-state index is 13.4. The highest BCUT2D eigenvalue weighted by molar-refractivity contribution is 6.34. The van der Waals surface area contributed by atoms with Crippen molar-refractivity contribution in [1.82, 2.24) is 10.6 Å². The number of hydrogen-bond donors (Lipinski definition) is 2. The molecule has 0 saturated carbocycles. The molecule has 0 atom stereocenters. The van der Waals surface area contributed by atoms with Crippen LogP contribution in [0, 0.1) is 5.82 Å². The third kappa shape index (κ3) is 5.04. The van der Waals surface area contributed by atoms with Gasteiger partial charge in [0.15, 0.2) is 0 Å². The molecule has 0 aromatic heterocycles. The van der Waals surface area contributed by atoms with Gasteiger partial charge in [-0.15, -0.1) is 0 Å². The van der Waals surface area contributed by atoms with Crippen LogP contribution < -0.4 is 10.6 Å². The first-order chi connectivity index (χ1) is 12.6. The van der Waals surface area contributed by atoms with Crippen molar-refractivity contribution in [2.24, 2.45) is 0 Å². The second-order valence-electron chi connectivity index (χ2n) is 5.34. The number of amides is 2. The van der Waals surface area contributed by atoms with Crippen LogP contribution in [0.25, 0.3) is 5.57 Å². The van der Waals surface area contributed by atoms with Gasteiger partial charge in [0.2, 0.25) is 6.41 Å². The average molecular weight is 373 g/mol. The highest BCUT2D eigenvalue weighted by Gasteiger charge is 2.13. The Morgan fingerprint density at radius 2 is 1.92 bits per heavy atom. The van der Waals surface area contributed by atoms with Crippen molar-refractivity contribution in [2.45, 2.75) is 13.5 Å². The summed E-state index contributed by atoms with van der Waals surface area (Å²) in [5, 5.41) is 5.00. The van der Waals surface area contributed by atoms with Crippen LogP contribution in [0.5, 0.6) is 0 Å². The van der Waals surface area contributed by atoms with E-state index in [1.54, 1.807) is 12.3 Å². The van der Waals surface area contributed by atoms with Gasteiger partial charge in [-0.1, -0.05) is 48.0 Å². The molecule has 0 bridgehead atoms. The fourth-order valence-corrected chi connectivity index (χ4v) is 2.52. The van der Waals surface area contributed by atoms with E-state index in [1.165, 1.54) is 18.2 Å². The zero-order valence-electron chi connectivity index (χ0n) is 14.1. The second kappa shape index (κ2) is 9.53. The highest BCUT2D eigenvalue weighted by atomic mass is 35.5. The molecule has 2 aromatic rings. The first-order valence-electron chi connectivity index (χ1n) is 7.91. The van der Waals surface area contributed by atoms with Crippen LogP contribution >= 0.6 is 11.6 Å². The third-order valence-corrected chi connectivity index (χ3v) is 4.06. The predicted molar refractivity (Wildman–Crippen MR) is 101 cm³/mol. The zero-order chi connectivity index (χ0) is 18.9. The minimum absolute atomic E-state index is 0.104. The molecular weight excluding hydrogens is 355 g/mol. The molecule has 0 aliphatic rings. The number of hydrogen-bond acceptors (Lipinski definition) is 2. The molecule has 0 fully saturated rings. The van der Waals surface area contributed by atoms with Gasteiger partial charge in [0.25, 0.3) is 5.91 Å². The van der Waals surface area contributed by atoms with E-state index in [1.807, 2.05) is 37.3 Å². The number of allylic oxidation sites excluding steroid dienone is 3. The Kier molecular flexibility index (Phi) is 7.12. The van der Waals surface area contributed by atoms with Gasteiger partial charge in [0.05, 0.1) is 10.6 Å². The van der Waals surface area contributed by atoms with Crippen molar-refractivity contribution in [1.29, 1.82) is 0 Å². The lowest BCUT2D eigenvalue weighted by Crippen LogP contribution is -2.23. The molecule has 4 nitrogen and oxygen atoms in total. The molecule has 0 spiro atoms. The molecule has 134 valence electrons. The van der Waals surface area contributed by atoms with Gasteiger partial charge in [-0.3, -0.25) is 9.59 Å². The van der Waals surface area contributed by atoms with Crippen LogP contribution in [0.15, 0.2) is 60.8 Å². The summed E-state index contributed by atoms with van der Waals surface area (Å²) in [4.78, 5) is 22.4. The second-order valence-corrected chi connectivity index (χ2v) is 5.72. The summed E-state index contributed by atoms with van der Waals surface area (Å²) in [6, 6.07) is 11.7. The van der Waals surface area contributed by atoms with Gasteiger partial charge in [0, 0.05) is 12.7 Å². The van der Waals surface area contributed by atoms with Crippen molar-refractivity contribution in [3.63, 3.8) is 0 Å². The quantitative estimate of drug-likeness (QED) is 0.568. The predicted octanol–water partition coefficient (Wildman–Crippen LogP) is 4.07. The fourth-order valence-electron chi connectivity index (χ4n) is 2.31. The molecule has 0 saturated heterocycles. The Balaban J connectivity index is 2.02. The van der Waals surface area contributed by atoms with Crippen LogP contribution in [0.4, 0.5) is 4.39 Å². The Bertz CT molecular complexity index is 845. The normalized spacial score (nSPS) is 11.4. The number of carbonyl (C=O) groups excluding carboxylic acids is 2. The van der Waals surface area contributed by atoms with Crippen LogP contribution in [-0.4, -0.2) is 12.3 Å². The molecule has 0 aliphatic carbocycles. The minimum atomic E-state index is -0.625. The van der Waals surface area contributed by atoms with Crippen LogP contribution in [0.1, 0.15) is 28.4 Å². The van der Waals surface area contributed by atoms with Gasteiger partial charge in [-0.25, -0.2) is 4.39 Å². The monoisotopic (exact) mass is 372 g/mol. The fraction of sp³-hybridized carbons (Fsp3) is 0.100. The molecule has 2 aromatic carbocycles. The van der Waals surface area contributed by atoms with Crippen molar-refractivity contribution >= 4 is 29.5 Å². The smallest absolute Gasteiger partial charge is 0.253 e. The zero-order valence-corrected chi connectivity index (χ0v) is 14.9. The summed E-state index contributed by atoms with van der Waals surface area (Å²) < 4.78 is 13.4. The van der Waals surface area contributed by atoms with Gasteiger partial charge in [-0.2, -0.15) is 0 Å². The molecule has 6 heteroatoms. The number of rotatable bonds is 7. The van der Waals surface area contributed by atoms with Crippen molar-refractivity contribution in [3.8, 4) is 0 Å². The first-order valence-corrected chi connectivity index (χ1v) is 8.28. The standard InChI is InChI=1S/C20H18ClFN2O2/c1-2-15(10-11-23-13-25)16-8-6-14(7-9-16)12-24-20(26)17-4-3-5-18(22)19(17)21/h2-11,13H,12H2,1H3,(H,23,25)(H,24,26)/b11-10-,15-2+.